The average Bonchev–Trinajstić information content (AvgIpc) is 2.09. The molecule has 0 aromatic carbocycles. The summed E-state index contributed by atoms with van der Waals surface area (Å²) in [6, 6.07) is 0. The quantitative estimate of drug-likeness (QED) is 0.573. The highest BCUT2D eigenvalue weighted by atomic mass is 16.7. The lowest BCUT2D eigenvalue weighted by molar-refractivity contribution is -0.350. The minimum atomic E-state index is -0.722. The van der Waals surface area contributed by atoms with Crippen molar-refractivity contribution in [3.8, 4) is 12.3 Å². The Balaban J connectivity index is 2.80. The van der Waals surface area contributed by atoms with Crippen LogP contribution in [-0.4, -0.2) is 31.2 Å². The molecule has 1 heterocycles. The standard InChI is InChI=1S/C10H16O3/c1-6-8-7-12-10(4,11-5)9(2,3)13-8/h1,8H,7H2,2-5H3/t8-,10?/m0/s1. The molecule has 1 rings (SSSR count). The number of terminal acetylenes is 1. The van der Waals surface area contributed by atoms with E-state index in [1.54, 1.807) is 7.11 Å². The number of rotatable bonds is 1. The van der Waals surface area contributed by atoms with E-state index in [4.69, 9.17) is 20.6 Å². The fraction of sp³-hybridized carbons (Fsp3) is 0.800. The predicted octanol–water partition coefficient (Wildman–Crippen LogP) is 1.18. The number of ether oxygens (including phenoxy) is 3. The van der Waals surface area contributed by atoms with Crippen LogP contribution in [0.4, 0.5) is 0 Å². The second kappa shape index (κ2) is 3.30. The van der Waals surface area contributed by atoms with Crippen molar-refractivity contribution in [3.63, 3.8) is 0 Å². The molecule has 3 heteroatoms. The first-order valence-electron chi connectivity index (χ1n) is 4.28. The van der Waals surface area contributed by atoms with Gasteiger partial charge < -0.3 is 14.2 Å². The minimum absolute atomic E-state index is 0.279. The second-order valence-electron chi connectivity index (χ2n) is 3.74. The molecule has 0 radical (unpaired) electrons. The molecule has 0 amide bonds. The number of hydrogen-bond acceptors (Lipinski definition) is 3. The molecule has 1 saturated heterocycles. The lowest BCUT2D eigenvalue weighted by Gasteiger charge is -2.47. The second-order valence-corrected chi connectivity index (χ2v) is 3.74. The third kappa shape index (κ3) is 1.71. The van der Waals surface area contributed by atoms with Gasteiger partial charge in [-0.1, -0.05) is 5.92 Å². The Hall–Kier alpha value is -0.560. The predicted molar refractivity (Wildman–Crippen MR) is 49.2 cm³/mol. The highest BCUT2D eigenvalue weighted by molar-refractivity contribution is 5.01. The van der Waals surface area contributed by atoms with E-state index in [1.807, 2.05) is 20.8 Å². The summed E-state index contributed by atoms with van der Waals surface area (Å²) < 4.78 is 16.5. The van der Waals surface area contributed by atoms with Crippen molar-refractivity contribution in [2.24, 2.45) is 0 Å². The van der Waals surface area contributed by atoms with Gasteiger partial charge in [-0.25, -0.2) is 0 Å². The maximum Gasteiger partial charge on any atom is 0.194 e. The van der Waals surface area contributed by atoms with Gasteiger partial charge >= 0.3 is 0 Å². The summed E-state index contributed by atoms with van der Waals surface area (Å²) in [5.74, 6) is 1.80. The van der Waals surface area contributed by atoms with Crippen molar-refractivity contribution < 1.29 is 14.2 Å². The van der Waals surface area contributed by atoms with Gasteiger partial charge in [0.05, 0.1) is 6.61 Å². The zero-order chi connectivity index (χ0) is 10.1. The minimum Gasteiger partial charge on any atom is -0.352 e. The van der Waals surface area contributed by atoms with E-state index in [-0.39, 0.29) is 6.10 Å². The average molecular weight is 184 g/mol. The van der Waals surface area contributed by atoms with Crippen molar-refractivity contribution in [1.29, 1.82) is 0 Å². The molecule has 2 atom stereocenters. The summed E-state index contributed by atoms with van der Waals surface area (Å²) in [6.45, 7) is 6.03. The normalized spacial score (nSPS) is 38.2. The van der Waals surface area contributed by atoms with Crippen molar-refractivity contribution in [3.05, 3.63) is 0 Å². The Labute approximate surface area is 79.4 Å². The van der Waals surface area contributed by atoms with Crippen LogP contribution in [0.15, 0.2) is 0 Å². The van der Waals surface area contributed by atoms with E-state index in [9.17, 15) is 0 Å². The SMILES string of the molecule is C#C[C@H]1COC(C)(OC)C(C)(C)O1. The molecule has 0 aromatic rings. The van der Waals surface area contributed by atoms with Gasteiger partial charge in [0, 0.05) is 7.11 Å². The van der Waals surface area contributed by atoms with Gasteiger partial charge in [-0.3, -0.25) is 0 Å². The molecule has 0 spiro atoms. The van der Waals surface area contributed by atoms with Gasteiger partial charge in [-0.2, -0.15) is 0 Å². The van der Waals surface area contributed by atoms with Gasteiger partial charge in [0.2, 0.25) is 0 Å². The Morgan fingerprint density at radius 3 is 2.46 bits per heavy atom. The number of hydrogen-bond donors (Lipinski definition) is 0. The van der Waals surface area contributed by atoms with Gasteiger partial charge in [-0.05, 0) is 20.8 Å². The Morgan fingerprint density at radius 2 is 2.08 bits per heavy atom. The largest absolute Gasteiger partial charge is 0.352 e. The zero-order valence-corrected chi connectivity index (χ0v) is 8.59. The van der Waals surface area contributed by atoms with Crippen LogP contribution >= 0.6 is 0 Å². The summed E-state index contributed by atoms with van der Waals surface area (Å²) in [4.78, 5) is 0. The molecule has 74 valence electrons. The third-order valence-corrected chi connectivity index (χ3v) is 2.62. The molecule has 1 aliphatic rings. The van der Waals surface area contributed by atoms with E-state index >= 15 is 0 Å². The Morgan fingerprint density at radius 1 is 1.46 bits per heavy atom. The van der Waals surface area contributed by atoms with Crippen LogP contribution in [0.1, 0.15) is 20.8 Å². The lowest BCUT2D eigenvalue weighted by Crippen LogP contribution is -2.59. The van der Waals surface area contributed by atoms with Crippen LogP contribution in [0.2, 0.25) is 0 Å². The molecule has 0 aromatic heterocycles. The van der Waals surface area contributed by atoms with Crippen LogP contribution in [0.25, 0.3) is 0 Å². The molecule has 13 heavy (non-hydrogen) atoms. The van der Waals surface area contributed by atoms with Crippen molar-refractivity contribution in [2.45, 2.75) is 38.3 Å². The molecular formula is C10H16O3. The van der Waals surface area contributed by atoms with Crippen LogP contribution in [0.3, 0.4) is 0 Å². The van der Waals surface area contributed by atoms with Gasteiger partial charge in [0.15, 0.2) is 5.79 Å². The van der Waals surface area contributed by atoms with E-state index in [0.717, 1.165) is 0 Å². The summed E-state index contributed by atoms with van der Waals surface area (Å²) in [6.07, 6.45) is 4.98. The van der Waals surface area contributed by atoms with Crippen molar-refractivity contribution in [2.75, 3.05) is 13.7 Å². The molecule has 3 nitrogen and oxygen atoms in total. The molecule has 0 N–H and O–H groups in total. The monoisotopic (exact) mass is 184 g/mol. The smallest absolute Gasteiger partial charge is 0.194 e. The van der Waals surface area contributed by atoms with Crippen LogP contribution in [0.5, 0.6) is 0 Å². The maximum absolute atomic E-state index is 5.64. The highest BCUT2D eigenvalue weighted by Gasteiger charge is 2.48. The van der Waals surface area contributed by atoms with E-state index in [0.29, 0.717) is 6.61 Å². The van der Waals surface area contributed by atoms with Gasteiger partial charge in [-0.15, -0.1) is 6.42 Å². The highest BCUT2D eigenvalue weighted by Crippen LogP contribution is 2.35. The van der Waals surface area contributed by atoms with Crippen LogP contribution < -0.4 is 0 Å². The van der Waals surface area contributed by atoms with Crippen LogP contribution in [-0.2, 0) is 14.2 Å². The van der Waals surface area contributed by atoms with Gasteiger partial charge in [0.25, 0.3) is 0 Å². The number of methoxy groups -OCH3 is 1. The van der Waals surface area contributed by atoms with Crippen molar-refractivity contribution >= 4 is 0 Å². The van der Waals surface area contributed by atoms with E-state index < -0.39 is 11.4 Å². The van der Waals surface area contributed by atoms with Crippen molar-refractivity contribution in [1.82, 2.24) is 0 Å². The van der Waals surface area contributed by atoms with E-state index in [2.05, 4.69) is 5.92 Å². The fourth-order valence-corrected chi connectivity index (χ4v) is 1.29. The van der Waals surface area contributed by atoms with E-state index in [1.165, 1.54) is 0 Å². The Kier molecular flexibility index (Phi) is 2.67. The lowest BCUT2D eigenvalue weighted by atomic mass is 9.96. The molecular weight excluding hydrogens is 168 g/mol. The molecule has 0 saturated carbocycles. The summed E-state index contributed by atoms with van der Waals surface area (Å²) >= 11 is 0. The molecule has 1 aliphatic heterocycles. The first-order valence-corrected chi connectivity index (χ1v) is 4.28. The third-order valence-electron chi connectivity index (χ3n) is 2.62. The molecule has 0 bridgehead atoms. The Bertz CT molecular complexity index is 229. The fourth-order valence-electron chi connectivity index (χ4n) is 1.29. The van der Waals surface area contributed by atoms with Gasteiger partial charge in [0.1, 0.15) is 11.7 Å². The van der Waals surface area contributed by atoms with Crippen LogP contribution in [0, 0.1) is 12.3 Å². The summed E-state index contributed by atoms with van der Waals surface area (Å²) in [7, 11) is 1.60. The molecule has 1 fully saturated rings. The first-order chi connectivity index (χ1) is 5.95. The summed E-state index contributed by atoms with van der Waals surface area (Å²) in [5, 5.41) is 0. The summed E-state index contributed by atoms with van der Waals surface area (Å²) in [5.41, 5.74) is -0.531. The maximum atomic E-state index is 5.64. The zero-order valence-electron chi connectivity index (χ0n) is 8.59. The first kappa shape index (κ1) is 10.5. The molecule has 0 aliphatic carbocycles. The topological polar surface area (TPSA) is 27.7 Å². The molecule has 1 unspecified atom stereocenters.